The van der Waals surface area contributed by atoms with Crippen molar-refractivity contribution in [2.24, 2.45) is 0 Å². The second kappa shape index (κ2) is 5.64. The number of hydrogen-bond donors (Lipinski definition) is 1. The lowest BCUT2D eigenvalue weighted by atomic mass is 10.3. The summed E-state index contributed by atoms with van der Waals surface area (Å²) in [5.41, 5.74) is 1.90. The van der Waals surface area contributed by atoms with E-state index in [-0.39, 0.29) is 5.15 Å². The molecule has 94 valence electrons. The molecule has 2 rings (SSSR count). The Labute approximate surface area is 110 Å². The Kier molecular flexibility index (Phi) is 3.94. The Balaban J connectivity index is 2.13. The Hall–Kier alpha value is -1.88. The molecule has 0 atom stereocenters. The first kappa shape index (κ1) is 12.6. The summed E-state index contributed by atoms with van der Waals surface area (Å²) in [6, 6.07) is 5.85. The third-order valence-electron chi connectivity index (χ3n) is 2.35. The maximum atomic E-state index is 5.90. The van der Waals surface area contributed by atoms with Gasteiger partial charge in [0.2, 0.25) is 0 Å². The van der Waals surface area contributed by atoms with Gasteiger partial charge in [-0.1, -0.05) is 17.7 Å². The molecule has 0 fully saturated rings. The van der Waals surface area contributed by atoms with E-state index in [2.05, 4.69) is 20.3 Å². The van der Waals surface area contributed by atoms with Crippen LogP contribution in [0.5, 0.6) is 5.75 Å². The number of aromatic nitrogens is 3. The first-order valence-corrected chi connectivity index (χ1v) is 5.79. The molecule has 1 N–H and O–H groups in total. The van der Waals surface area contributed by atoms with Crippen LogP contribution in [0.4, 0.5) is 5.82 Å². The van der Waals surface area contributed by atoms with Crippen molar-refractivity contribution in [1.82, 2.24) is 15.0 Å². The quantitative estimate of drug-likeness (QED) is 0.860. The molecule has 2 heterocycles. The van der Waals surface area contributed by atoms with Crippen LogP contribution in [-0.4, -0.2) is 22.1 Å². The summed E-state index contributed by atoms with van der Waals surface area (Å²) in [4.78, 5) is 12.3. The van der Waals surface area contributed by atoms with Gasteiger partial charge < -0.3 is 10.1 Å². The fourth-order valence-electron chi connectivity index (χ4n) is 1.53. The molecule has 0 aliphatic rings. The van der Waals surface area contributed by atoms with Gasteiger partial charge in [0.15, 0.2) is 16.7 Å². The van der Waals surface area contributed by atoms with Gasteiger partial charge in [0.25, 0.3) is 0 Å². The summed E-state index contributed by atoms with van der Waals surface area (Å²) < 4.78 is 5.15. The van der Waals surface area contributed by atoms with Crippen molar-refractivity contribution in [1.29, 1.82) is 0 Å². The molecule has 18 heavy (non-hydrogen) atoms. The van der Waals surface area contributed by atoms with E-state index >= 15 is 0 Å². The largest absolute Gasteiger partial charge is 0.490 e. The summed E-state index contributed by atoms with van der Waals surface area (Å²) in [5, 5.41) is 3.41. The van der Waals surface area contributed by atoms with Gasteiger partial charge in [-0.25, -0.2) is 9.97 Å². The molecule has 2 aromatic heterocycles. The molecule has 5 nitrogen and oxygen atoms in total. The molecule has 0 saturated carbocycles. The van der Waals surface area contributed by atoms with Gasteiger partial charge >= 0.3 is 0 Å². The molecule has 0 aliphatic heterocycles. The molecule has 0 radical (unpaired) electrons. The number of methoxy groups -OCH3 is 1. The topological polar surface area (TPSA) is 59.9 Å². The summed E-state index contributed by atoms with van der Waals surface area (Å²) in [6.45, 7) is 2.50. The van der Waals surface area contributed by atoms with Crippen molar-refractivity contribution in [3.05, 3.63) is 41.1 Å². The Morgan fingerprint density at radius 2 is 2.17 bits per heavy atom. The Morgan fingerprint density at radius 3 is 2.89 bits per heavy atom. The van der Waals surface area contributed by atoms with Crippen LogP contribution in [0.2, 0.25) is 5.15 Å². The van der Waals surface area contributed by atoms with E-state index < -0.39 is 0 Å². The molecule has 6 heteroatoms. The van der Waals surface area contributed by atoms with Crippen molar-refractivity contribution in [3.8, 4) is 5.75 Å². The first-order chi connectivity index (χ1) is 8.70. The highest BCUT2D eigenvalue weighted by Crippen LogP contribution is 2.28. The molecule has 0 amide bonds. The summed E-state index contributed by atoms with van der Waals surface area (Å²) in [6.07, 6.45) is 1.39. The van der Waals surface area contributed by atoms with Gasteiger partial charge in [-0.3, -0.25) is 4.98 Å². The third kappa shape index (κ3) is 2.87. The van der Waals surface area contributed by atoms with E-state index in [0.717, 1.165) is 11.4 Å². The van der Waals surface area contributed by atoms with Crippen molar-refractivity contribution < 1.29 is 4.74 Å². The molecule has 0 aromatic carbocycles. The Morgan fingerprint density at radius 1 is 1.33 bits per heavy atom. The monoisotopic (exact) mass is 264 g/mol. The molecule has 0 aliphatic carbocycles. The van der Waals surface area contributed by atoms with Gasteiger partial charge in [0, 0.05) is 5.69 Å². The van der Waals surface area contributed by atoms with E-state index in [4.69, 9.17) is 16.3 Å². The number of anilines is 1. The number of ether oxygens (including phenoxy) is 1. The minimum Gasteiger partial charge on any atom is -0.490 e. The highest BCUT2D eigenvalue weighted by atomic mass is 35.5. The average Bonchev–Trinajstić information content (AvgIpc) is 2.36. The van der Waals surface area contributed by atoms with Crippen LogP contribution in [0.25, 0.3) is 0 Å². The maximum absolute atomic E-state index is 5.90. The highest BCUT2D eigenvalue weighted by molar-refractivity contribution is 6.31. The van der Waals surface area contributed by atoms with Crippen LogP contribution < -0.4 is 10.1 Å². The number of rotatable bonds is 4. The van der Waals surface area contributed by atoms with Gasteiger partial charge in [-0.2, -0.15) is 0 Å². The molecule has 0 spiro atoms. The fourth-order valence-corrected chi connectivity index (χ4v) is 1.74. The van der Waals surface area contributed by atoms with Crippen LogP contribution >= 0.6 is 11.6 Å². The number of hydrogen-bond acceptors (Lipinski definition) is 5. The van der Waals surface area contributed by atoms with Gasteiger partial charge in [0.1, 0.15) is 6.33 Å². The smallest absolute Gasteiger partial charge is 0.198 e. The number of nitrogens with zero attached hydrogens (tertiary/aromatic N) is 3. The first-order valence-electron chi connectivity index (χ1n) is 5.41. The summed E-state index contributed by atoms with van der Waals surface area (Å²) in [5.74, 6) is 0.993. The third-order valence-corrected chi connectivity index (χ3v) is 2.62. The van der Waals surface area contributed by atoms with E-state index in [1.54, 1.807) is 0 Å². The Bertz CT molecular complexity index is 547. The van der Waals surface area contributed by atoms with E-state index in [1.807, 2.05) is 25.1 Å². The van der Waals surface area contributed by atoms with E-state index in [1.165, 1.54) is 13.4 Å². The van der Waals surface area contributed by atoms with Crippen LogP contribution in [0.15, 0.2) is 24.5 Å². The number of pyridine rings is 1. The molecule has 2 aromatic rings. The van der Waals surface area contributed by atoms with Gasteiger partial charge in [-0.05, 0) is 19.1 Å². The molecule has 0 saturated heterocycles. The summed E-state index contributed by atoms with van der Waals surface area (Å²) in [7, 11) is 1.53. The lowest BCUT2D eigenvalue weighted by Gasteiger charge is -2.10. The van der Waals surface area contributed by atoms with Crippen LogP contribution in [0.3, 0.4) is 0 Å². The second-order valence-electron chi connectivity index (χ2n) is 3.67. The molecular weight excluding hydrogens is 252 g/mol. The average molecular weight is 265 g/mol. The lowest BCUT2D eigenvalue weighted by molar-refractivity contribution is 0.413. The van der Waals surface area contributed by atoms with E-state index in [9.17, 15) is 0 Å². The zero-order chi connectivity index (χ0) is 13.0. The second-order valence-corrected chi connectivity index (χ2v) is 4.03. The SMILES string of the molecule is COc1c(Cl)ncnc1NCc1cccc(C)n1. The number of nitrogens with one attached hydrogen (secondary N) is 1. The number of halogens is 1. The fraction of sp³-hybridized carbons (Fsp3) is 0.250. The summed E-state index contributed by atoms with van der Waals surface area (Å²) >= 11 is 5.90. The minimum atomic E-state index is 0.284. The predicted octanol–water partition coefficient (Wildman–Crippen LogP) is 2.45. The maximum Gasteiger partial charge on any atom is 0.198 e. The number of aryl methyl sites for hydroxylation is 1. The van der Waals surface area contributed by atoms with Gasteiger partial charge in [-0.15, -0.1) is 0 Å². The lowest BCUT2D eigenvalue weighted by Crippen LogP contribution is -2.06. The molecule has 0 bridgehead atoms. The highest BCUT2D eigenvalue weighted by Gasteiger charge is 2.09. The molecular formula is C12H13ClN4O. The van der Waals surface area contributed by atoms with Crippen LogP contribution in [0.1, 0.15) is 11.4 Å². The zero-order valence-electron chi connectivity index (χ0n) is 10.1. The molecule has 0 unspecified atom stereocenters. The van der Waals surface area contributed by atoms with Crippen LogP contribution in [0, 0.1) is 6.92 Å². The van der Waals surface area contributed by atoms with E-state index in [0.29, 0.717) is 18.1 Å². The zero-order valence-corrected chi connectivity index (χ0v) is 10.9. The predicted molar refractivity (Wildman–Crippen MR) is 69.9 cm³/mol. The minimum absolute atomic E-state index is 0.284. The standard InChI is InChI=1S/C12H13ClN4O/c1-8-4-3-5-9(17-8)6-14-12-10(18-2)11(13)15-7-16-12/h3-5,7H,6H2,1-2H3,(H,14,15,16). The van der Waals surface area contributed by atoms with Crippen molar-refractivity contribution >= 4 is 17.4 Å². The van der Waals surface area contributed by atoms with Crippen molar-refractivity contribution in [3.63, 3.8) is 0 Å². The normalized spacial score (nSPS) is 10.2. The van der Waals surface area contributed by atoms with Crippen molar-refractivity contribution in [2.45, 2.75) is 13.5 Å². The van der Waals surface area contributed by atoms with Crippen molar-refractivity contribution in [2.75, 3.05) is 12.4 Å². The van der Waals surface area contributed by atoms with Crippen LogP contribution in [-0.2, 0) is 6.54 Å². The van der Waals surface area contributed by atoms with Gasteiger partial charge in [0.05, 0.1) is 19.3 Å².